The molecule has 0 amide bonds. The van der Waals surface area contributed by atoms with Crippen LogP contribution in [0.5, 0.6) is 11.5 Å². The van der Waals surface area contributed by atoms with E-state index in [1.807, 2.05) is 36.4 Å². The number of hydrogen-bond donors (Lipinski definition) is 1. The zero-order valence-electron chi connectivity index (χ0n) is 21.6. The van der Waals surface area contributed by atoms with Gasteiger partial charge in [-0.15, -0.1) is 5.10 Å². The average molecular weight is 519 g/mol. The van der Waals surface area contributed by atoms with E-state index in [2.05, 4.69) is 32.3 Å². The van der Waals surface area contributed by atoms with Crippen LogP contribution in [0.25, 0.3) is 10.9 Å². The van der Waals surface area contributed by atoms with Crippen molar-refractivity contribution in [2.24, 2.45) is 0 Å². The molecule has 0 aliphatic heterocycles. The van der Waals surface area contributed by atoms with Gasteiger partial charge in [0.25, 0.3) is 5.56 Å². The van der Waals surface area contributed by atoms with Crippen LogP contribution in [0.4, 0.5) is 0 Å². The van der Waals surface area contributed by atoms with Crippen LogP contribution in [0, 0.1) is 0 Å². The Balaban J connectivity index is 1.53. The predicted octanol–water partition coefficient (Wildman–Crippen LogP) is 4.31. The number of benzene rings is 1. The van der Waals surface area contributed by atoms with Crippen LogP contribution in [0.15, 0.2) is 68.6 Å². The molecular formula is C27H30N6O5. The molecule has 198 valence electrons. The quantitative estimate of drug-likeness (QED) is 0.257. The minimum Gasteiger partial charge on any atom is -0.493 e. The Labute approximate surface area is 219 Å². The van der Waals surface area contributed by atoms with E-state index in [0.29, 0.717) is 48.0 Å². The van der Waals surface area contributed by atoms with Crippen molar-refractivity contribution in [1.82, 2.24) is 30.1 Å². The summed E-state index contributed by atoms with van der Waals surface area (Å²) >= 11 is 0. The fourth-order valence-corrected chi connectivity index (χ4v) is 4.65. The normalized spacial score (nSPS) is 12.3. The van der Waals surface area contributed by atoms with E-state index in [1.165, 1.54) is 0 Å². The largest absolute Gasteiger partial charge is 0.493 e. The van der Waals surface area contributed by atoms with Crippen molar-refractivity contribution in [2.45, 2.75) is 45.4 Å². The fraction of sp³-hybridized carbons (Fsp3) is 0.333. The molecule has 0 saturated carbocycles. The first-order chi connectivity index (χ1) is 18.6. The standard InChI is InChI=1S/C27H30N6O5/c1-4-7-23(26-29-30-31-33(26)17-21-9-6-11-38-21)32(16-20-8-5-10-37-20)15-19-12-18-13-24(35-2)25(36-3)14-22(18)28-27(19)34/h5-6,8-14,23H,4,7,15-17H2,1-3H3,(H,28,34). The second kappa shape index (κ2) is 11.3. The van der Waals surface area contributed by atoms with Gasteiger partial charge in [-0.25, -0.2) is 4.68 Å². The molecule has 0 aliphatic carbocycles. The summed E-state index contributed by atoms with van der Waals surface area (Å²) in [7, 11) is 3.15. The molecule has 5 rings (SSSR count). The second-order valence-corrected chi connectivity index (χ2v) is 8.98. The van der Waals surface area contributed by atoms with Crippen molar-refractivity contribution in [1.29, 1.82) is 0 Å². The lowest BCUT2D eigenvalue weighted by molar-refractivity contribution is 0.144. The van der Waals surface area contributed by atoms with Crippen LogP contribution in [0.2, 0.25) is 0 Å². The van der Waals surface area contributed by atoms with Crippen molar-refractivity contribution in [3.05, 3.63) is 88.3 Å². The Morgan fingerprint density at radius 3 is 2.45 bits per heavy atom. The molecule has 38 heavy (non-hydrogen) atoms. The SMILES string of the molecule is CCCC(c1nnnn1Cc1ccco1)N(Cc1ccco1)Cc1cc2cc(OC)c(OC)cc2[nH]c1=O. The first kappa shape index (κ1) is 25.3. The molecule has 0 aliphatic rings. The summed E-state index contributed by atoms with van der Waals surface area (Å²) < 4.78 is 23.8. The summed E-state index contributed by atoms with van der Waals surface area (Å²) in [6, 6.07) is 12.8. The molecule has 1 unspecified atom stereocenters. The molecule has 1 atom stereocenters. The summed E-state index contributed by atoms with van der Waals surface area (Å²) in [6.07, 6.45) is 4.93. The molecule has 0 radical (unpaired) electrons. The Kier molecular flexibility index (Phi) is 7.55. The number of ether oxygens (including phenoxy) is 2. The summed E-state index contributed by atoms with van der Waals surface area (Å²) in [4.78, 5) is 18.4. The summed E-state index contributed by atoms with van der Waals surface area (Å²) in [5.41, 5.74) is 1.09. The van der Waals surface area contributed by atoms with E-state index in [4.69, 9.17) is 18.3 Å². The Bertz CT molecular complexity index is 1520. The van der Waals surface area contributed by atoms with Gasteiger partial charge in [0.05, 0.1) is 44.8 Å². The monoisotopic (exact) mass is 518 g/mol. The summed E-state index contributed by atoms with van der Waals surface area (Å²) in [5.74, 6) is 3.36. The maximum Gasteiger partial charge on any atom is 0.252 e. The van der Waals surface area contributed by atoms with E-state index in [0.717, 1.165) is 29.7 Å². The number of hydrogen-bond acceptors (Lipinski definition) is 9. The number of furan rings is 2. The van der Waals surface area contributed by atoms with Crippen LogP contribution >= 0.6 is 0 Å². The number of pyridine rings is 1. The Hall–Kier alpha value is -4.38. The molecule has 1 aromatic carbocycles. The highest BCUT2D eigenvalue weighted by molar-refractivity contribution is 5.83. The van der Waals surface area contributed by atoms with E-state index in [1.54, 1.807) is 37.5 Å². The average Bonchev–Trinajstić information content (AvgIpc) is 3.71. The van der Waals surface area contributed by atoms with Gasteiger partial charge in [-0.1, -0.05) is 13.3 Å². The highest BCUT2D eigenvalue weighted by atomic mass is 16.5. The van der Waals surface area contributed by atoms with E-state index in [-0.39, 0.29) is 11.6 Å². The highest BCUT2D eigenvalue weighted by Gasteiger charge is 2.28. The van der Waals surface area contributed by atoms with Gasteiger partial charge in [-0.2, -0.15) is 0 Å². The topological polar surface area (TPSA) is 124 Å². The number of fused-ring (bicyclic) bond motifs is 1. The highest BCUT2D eigenvalue weighted by Crippen LogP contribution is 2.32. The van der Waals surface area contributed by atoms with Gasteiger partial charge in [0.2, 0.25) is 0 Å². The van der Waals surface area contributed by atoms with Crippen LogP contribution in [-0.4, -0.2) is 44.3 Å². The molecular weight excluding hydrogens is 488 g/mol. The van der Waals surface area contributed by atoms with Gasteiger partial charge in [0.15, 0.2) is 17.3 Å². The summed E-state index contributed by atoms with van der Waals surface area (Å²) in [6.45, 7) is 3.33. The Morgan fingerprint density at radius 2 is 1.76 bits per heavy atom. The zero-order valence-corrected chi connectivity index (χ0v) is 21.6. The maximum atomic E-state index is 13.2. The van der Waals surface area contributed by atoms with Crippen molar-refractivity contribution in [3.63, 3.8) is 0 Å². The molecule has 4 heterocycles. The predicted molar refractivity (Wildman–Crippen MR) is 139 cm³/mol. The molecule has 5 aromatic rings. The fourth-order valence-electron chi connectivity index (χ4n) is 4.65. The van der Waals surface area contributed by atoms with E-state index in [9.17, 15) is 4.79 Å². The third-order valence-electron chi connectivity index (χ3n) is 6.48. The smallest absolute Gasteiger partial charge is 0.252 e. The van der Waals surface area contributed by atoms with Crippen molar-refractivity contribution in [3.8, 4) is 11.5 Å². The molecule has 1 N–H and O–H groups in total. The number of aromatic amines is 1. The van der Waals surface area contributed by atoms with Crippen LogP contribution < -0.4 is 15.0 Å². The van der Waals surface area contributed by atoms with Gasteiger partial charge >= 0.3 is 0 Å². The number of methoxy groups -OCH3 is 2. The van der Waals surface area contributed by atoms with Gasteiger partial charge in [0.1, 0.15) is 18.1 Å². The molecule has 11 nitrogen and oxygen atoms in total. The van der Waals surface area contributed by atoms with E-state index >= 15 is 0 Å². The maximum absolute atomic E-state index is 13.2. The van der Waals surface area contributed by atoms with Crippen molar-refractivity contribution >= 4 is 10.9 Å². The number of H-pyrrole nitrogens is 1. The number of nitrogens with one attached hydrogen (secondary N) is 1. The second-order valence-electron chi connectivity index (χ2n) is 8.98. The third kappa shape index (κ3) is 5.32. The van der Waals surface area contributed by atoms with Gasteiger partial charge < -0.3 is 23.3 Å². The lowest BCUT2D eigenvalue weighted by Crippen LogP contribution is -2.32. The molecule has 4 aromatic heterocycles. The summed E-state index contributed by atoms with van der Waals surface area (Å²) in [5, 5.41) is 13.4. The van der Waals surface area contributed by atoms with E-state index < -0.39 is 0 Å². The van der Waals surface area contributed by atoms with Crippen molar-refractivity contribution in [2.75, 3.05) is 14.2 Å². The van der Waals surface area contributed by atoms with Gasteiger partial charge in [0, 0.05) is 23.6 Å². The number of tetrazole rings is 1. The molecule has 0 bridgehead atoms. The van der Waals surface area contributed by atoms with Gasteiger partial charge in [-0.05, 0) is 53.2 Å². The minimum absolute atomic E-state index is 0.181. The third-order valence-corrected chi connectivity index (χ3v) is 6.48. The number of rotatable bonds is 12. The molecule has 0 saturated heterocycles. The number of nitrogens with zero attached hydrogens (tertiary/aromatic N) is 5. The Morgan fingerprint density at radius 1 is 1.03 bits per heavy atom. The van der Waals surface area contributed by atoms with Gasteiger partial charge in [-0.3, -0.25) is 9.69 Å². The van der Waals surface area contributed by atoms with Crippen LogP contribution in [-0.2, 0) is 19.6 Å². The number of aromatic nitrogens is 5. The molecule has 0 spiro atoms. The molecule has 0 fully saturated rings. The van der Waals surface area contributed by atoms with Crippen molar-refractivity contribution < 1.29 is 18.3 Å². The first-order valence-electron chi connectivity index (χ1n) is 12.4. The zero-order chi connectivity index (χ0) is 26.5. The lowest BCUT2D eigenvalue weighted by Gasteiger charge is -2.30. The lowest BCUT2D eigenvalue weighted by atomic mass is 10.1. The minimum atomic E-state index is -0.185. The molecule has 11 heteroatoms. The van der Waals surface area contributed by atoms with Crippen LogP contribution in [0.1, 0.15) is 48.7 Å². The first-order valence-corrected chi connectivity index (χ1v) is 12.4. The van der Waals surface area contributed by atoms with Crippen LogP contribution in [0.3, 0.4) is 0 Å².